The summed E-state index contributed by atoms with van der Waals surface area (Å²) >= 11 is 0. The van der Waals surface area contributed by atoms with Crippen molar-refractivity contribution in [2.45, 2.75) is 13.0 Å². The van der Waals surface area contributed by atoms with Gasteiger partial charge in [0.2, 0.25) is 5.91 Å². The van der Waals surface area contributed by atoms with Crippen molar-refractivity contribution >= 4 is 17.3 Å². The van der Waals surface area contributed by atoms with E-state index in [4.69, 9.17) is 9.52 Å². The number of carbonyl (C=O) groups is 1. The third-order valence-electron chi connectivity index (χ3n) is 3.78. The van der Waals surface area contributed by atoms with E-state index in [9.17, 15) is 14.9 Å². The van der Waals surface area contributed by atoms with E-state index in [2.05, 4.69) is 5.32 Å². The van der Waals surface area contributed by atoms with Crippen molar-refractivity contribution in [2.24, 2.45) is 0 Å². The van der Waals surface area contributed by atoms with E-state index in [-0.39, 0.29) is 24.6 Å². The Balaban J connectivity index is 1.61. The van der Waals surface area contributed by atoms with Gasteiger partial charge >= 0.3 is 0 Å². The van der Waals surface area contributed by atoms with Crippen LogP contribution in [0.1, 0.15) is 11.3 Å². The molecule has 1 aromatic heterocycles. The lowest BCUT2D eigenvalue weighted by molar-refractivity contribution is -0.384. The van der Waals surface area contributed by atoms with E-state index < -0.39 is 4.92 Å². The predicted molar refractivity (Wildman–Crippen MR) is 95.5 cm³/mol. The fourth-order valence-electron chi connectivity index (χ4n) is 2.46. The number of nitrogens with one attached hydrogen (secondary N) is 1. The molecule has 2 aromatic carbocycles. The molecule has 26 heavy (non-hydrogen) atoms. The van der Waals surface area contributed by atoms with Gasteiger partial charge in [0.15, 0.2) is 0 Å². The summed E-state index contributed by atoms with van der Waals surface area (Å²) in [5, 5.41) is 22.4. The minimum absolute atomic E-state index is 0.00738. The zero-order valence-corrected chi connectivity index (χ0v) is 13.7. The Morgan fingerprint density at radius 2 is 1.73 bits per heavy atom. The molecule has 7 nitrogen and oxygen atoms in total. The highest BCUT2D eigenvalue weighted by Crippen LogP contribution is 2.24. The molecule has 3 aromatic rings. The van der Waals surface area contributed by atoms with Gasteiger partial charge in [-0.1, -0.05) is 12.1 Å². The molecule has 132 valence electrons. The Kier molecular flexibility index (Phi) is 5.09. The summed E-state index contributed by atoms with van der Waals surface area (Å²) < 4.78 is 5.46. The van der Waals surface area contributed by atoms with Gasteiger partial charge in [-0.15, -0.1) is 0 Å². The minimum Gasteiger partial charge on any atom is -0.459 e. The summed E-state index contributed by atoms with van der Waals surface area (Å²) in [6.07, 6.45) is 0.123. The second-order valence-electron chi connectivity index (χ2n) is 5.65. The standard InChI is InChI=1S/C19H16N2O5/c22-12-17-9-10-18(26-17)14-3-5-15(6-4-14)20-19(23)11-13-1-7-16(8-2-13)21(24)25/h1-10,22H,11-12H2,(H,20,23). The number of amides is 1. The number of furan rings is 1. The van der Waals surface area contributed by atoms with Gasteiger partial charge < -0.3 is 14.8 Å². The molecular formula is C19H16N2O5. The zero-order valence-electron chi connectivity index (χ0n) is 13.7. The second kappa shape index (κ2) is 7.62. The third-order valence-corrected chi connectivity index (χ3v) is 3.78. The molecule has 0 bridgehead atoms. The van der Waals surface area contributed by atoms with E-state index in [1.165, 1.54) is 12.1 Å². The number of hydrogen-bond acceptors (Lipinski definition) is 5. The Bertz CT molecular complexity index is 914. The van der Waals surface area contributed by atoms with Crippen LogP contribution in [0.25, 0.3) is 11.3 Å². The average Bonchev–Trinajstić information content (AvgIpc) is 3.12. The van der Waals surface area contributed by atoms with Crippen molar-refractivity contribution in [3.63, 3.8) is 0 Å². The number of carbonyl (C=O) groups excluding carboxylic acids is 1. The van der Waals surface area contributed by atoms with Gasteiger partial charge in [-0.2, -0.15) is 0 Å². The van der Waals surface area contributed by atoms with E-state index in [1.807, 2.05) is 12.1 Å². The molecule has 0 spiro atoms. The Hall–Kier alpha value is -3.45. The lowest BCUT2D eigenvalue weighted by Crippen LogP contribution is -2.14. The Labute approximate surface area is 149 Å². The van der Waals surface area contributed by atoms with Crippen LogP contribution >= 0.6 is 0 Å². The van der Waals surface area contributed by atoms with Crippen LogP contribution in [-0.2, 0) is 17.8 Å². The maximum absolute atomic E-state index is 12.1. The van der Waals surface area contributed by atoms with Crippen LogP contribution in [0.15, 0.2) is 65.1 Å². The summed E-state index contributed by atoms with van der Waals surface area (Å²) in [6, 6.07) is 16.5. The summed E-state index contributed by atoms with van der Waals surface area (Å²) in [7, 11) is 0. The molecule has 7 heteroatoms. The average molecular weight is 352 g/mol. The van der Waals surface area contributed by atoms with Crippen LogP contribution in [-0.4, -0.2) is 15.9 Å². The van der Waals surface area contributed by atoms with Crippen LogP contribution in [0.4, 0.5) is 11.4 Å². The first-order valence-corrected chi connectivity index (χ1v) is 7.88. The number of nitro groups is 1. The lowest BCUT2D eigenvalue weighted by Gasteiger charge is -2.06. The third kappa shape index (κ3) is 4.14. The first kappa shape index (κ1) is 17.4. The highest BCUT2D eigenvalue weighted by molar-refractivity contribution is 5.92. The highest BCUT2D eigenvalue weighted by atomic mass is 16.6. The summed E-state index contributed by atoms with van der Waals surface area (Å²) in [4.78, 5) is 22.3. The predicted octanol–water partition coefficient (Wildman–Crippen LogP) is 3.53. The molecule has 0 aliphatic carbocycles. The number of hydrogen-bond donors (Lipinski definition) is 2. The number of rotatable bonds is 6. The van der Waals surface area contributed by atoms with E-state index in [1.54, 1.807) is 36.4 Å². The molecule has 0 radical (unpaired) electrons. The van der Waals surface area contributed by atoms with Gasteiger partial charge in [0.05, 0.1) is 11.3 Å². The maximum Gasteiger partial charge on any atom is 0.269 e. The van der Waals surface area contributed by atoms with Crippen molar-refractivity contribution < 1.29 is 19.2 Å². The first-order chi connectivity index (χ1) is 12.5. The van der Waals surface area contributed by atoms with Crippen molar-refractivity contribution in [3.8, 4) is 11.3 Å². The molecule has 0 aliphatic rings. The van der Waals surface area contributed by atoms with Gasteiger partial charge in [-0.3, -0.25) is 14.9 Å². The van der Waals surface area contributed by atoms with Crippen LogP contribution in [0.2, 0.25) is 0 Å². The van der Waals surface area contributed by atoms with Gasteiger partial charge in [-0.25, -0.2) is 0 Å². The molecule has 1 heterocycles. The zero-order chi connectivity index (χ0) is 18.5. The number of anilines is 1. The van der Waals surface area contributed by atoms with Gasteiger partial charge in [0.1, 0.15) is 18.1 Å². The minimum atomic E-state index is -0.478. The number of aliphatic hydroxyl groups is 1. The maximum atomic E-state index is 12.1. The normalized spacial score (nSPS) is 10.5. The van der Waals surface area contributed by atoms with E-state index >= 15 is 0 Å². The molecule has 0 saturated heterocycles. The fourth-order valence-corrected chi connectivity index (χ4v) is 2.46. The number of benzene rings is 2. The summed E-state index contributed by atoms with van der Waals surface area (Å²) in [6.45, 7) is -0.156. The smallest absolute Gasteiger partial charge is 0.269 e. The Morgan fingerprint density at radius 1 is 1.04 bits per heavy atom. The number of non-ortho nitro benzene ring substituents is 1. The van der Waals surface area contributed by atoms with Crippen molar-refractivity contribution in [1.29, 1.82) is 0 Å². The summed E-state index contributed by atoms with van der Waals surface area (Å²) in [5.41, 5.74) is 2.15. The fraction of sp³-hybridized carbons (Fsp3) is 0.105. The number of nitrogens with zero attached hydrogens (tertiary/aromatic N) is 1. The van der Waals surface area contributed by atoms with Crippen LogP contribution in [0.3, 0.4) is 0 Å². The first-order valence-electron chi connectivity index (χ1n) is 7.88. The molecule has 0 atom stereocenters. The van der Waals surface area contributed by atoms with Crippen molar-refractivity contribution in [3.05, 3.63) is 82.1 Å². The largest absolute Gasteiger partial charge is 0.459 e. The van der Waals surface area contributed by atoms with Crippen LogP contribution < -0.4 is 5.32 Å². The summed E-state index contributed by atoms with van der Waals surface area (Å²) in [5.74, 6) is 0.908. The van der Waals surface area contributed by atoms with E-state index in [0.29, 0.717) is 22.8 Å². The van der Waals surface area contributed by atoms with Gasteiger partial charge in [0.25, 0.3) is 5.69 Å². The molecule has 0 saturated carbocycles. The SMILES string of the molecule is O=C(Cc1ccc([N+](=O)[O-])cc1)Nc1ccc(-c2ccc(CO)o2)cc1. The number of nitro benzene ring substituents is 1. The second-order valence-corrected chi connectivity index (χ2v) is 5.65. The molecule has 2 N–H and O–H groups in total. The molecular weight excluding hydrogens is 336 g/mol. The van der Waals surface area contributed by atoms with Gasteiger partial charge in [0, 0.05) is 23.4 Å². The van der Waals surface area contributed by atoms with Crippen LogP contribution in [0, 0.1) is 10.1 Å². The molecule has 3 rings (SSSR count). The quantitative estimate of drug-likeness (QED) is 0.521. The topological polar surface area (TPSA) is 106 Å². The van der Waals surface area contributed by atoms with Crippen LogP contribution in [0.5, 0.6) is 0 Å². The highest BCUT2D eigenvalue weighted by Gasteiger charge is 2.09. The van der Waals surface area contributed by atoms with Gasteiger partial charge in [-0.05, 0) is 42.0 Å². The molecule has 0 aliphatic heterocycles. The Morgan fingerprint density at radius 3 is 2.31 bits per heavy atom. The lowest BCUT2D eigenvalue weighted by atomic mass is 10.1. The molecule has 0 fully saturated rings. The number of aliphatic hydroxyl groups excluding tert-OH is 1. The van der Waals surface area contributed by atoms with Crippen molar-refractivity contribution in [2.75, 3.05) is 5.32 Å². The monoisotopic (exact) mass is 352 g/mol. The van der Waals surface area contributed by atoms with Crippen molar-refractivity contribution in [1.82, 2.24) is 0 Å². The van der Waals surface area contributed by atoms with E-state index in [0.717, 1.165) is 5.56 Å². The molecule has 0 unspecified atom stereocenters. The molecule has 1 amide bonds.